The van der Waals surface area contributed by atoms with Gasteiger partial charge in [-0.25, -0.2) is 4.39 Å². The summed E-state index contributed by atoms with van der Waals surface area (Å²) in [7, 11) is 1.58. The predicted octanol–water partition coefficient (Wildman–Crippen LogP) is 3.96. The van der Waals surface area contributed by atoms with Gasteiger partial charge in [0, 0.05) is 24.7 Å². The summed E-state index contributed by atoms with van der Waals surface area (Å²) in [4.78, 5) is 26.7. The zero-order chi connectivity index (χ0) is 21.8. The van der Waals surface area contributed by atoms with Gasteiger partial charge in [-0.15, -0.1) is 10.2 Å². The summed E-state index contributed by atoms with van der Waals surface area (Å²) >= 11 is 1.26. The summed E-state index contributed by atoms with van der Waals surface area (Å²) < 4.78 is 19.0. The maximum absolute atomic E-state index is 13.9. The third kappa shape index (κ3) is 4.72. The SMILES string of the molecule is COc1ccc(NC(=O)c2nnc(C3CCN(C(=O)c4ccccc4F)CC3)s2)cc1. The van der Waals surface area contributed by atoms with Crippen LogP contribution < -0.4 is 10.1 Å². The Labute approximate surface area is 182 Å². The Balaban J connectivity index is 1.35. The molecule has 1 aliphatic heterocycles. The van der Waals surface area contributed by atoms with E-state index in [1.807, 2.05) is 0 Å². The molecular formula is C22H21FN4O3S. The van der Waals surface area contributed by atoms with Gasteiger partial charge < -0.3 is 15.0 Å². The Kier molecular flexibility index (Phi) is 6.22. The maximum Gasteiger partial charge on any atom is 0.286 e. The summed E-state index contributed by atoms with van der Waals surface area (Å²) in [5, 5.41) is 12.1. The van der Waals surface area contributed by atoms with Crippen molar-refractivity contribution in [3.05, 3.63) is 69.9 Å². The van der Waals surface area contributed by atoms with Gasteiger partial charge in [-0.2, -0.15) is 0 Å². The number of aromatic nitrogens is 2. The van der Waals surface area contributed by atoms with Crippen molar-refractivity contribution >= 4 is 28.8 Å². The van der Waals surface area contributed by atoms with E-state index in [1.54, 1.807) is 48.4 Å². The molecule has 1 aromatic heterocycles. The minimum absolute atomic E-state index is 0.0920. The van der Waals surface area contributed by atoms with E-state index in [-0.39, 0.29) is 28.3 Å². The number of nitrogens with zero attached hydrogens (tertiary/aromatic N) is 3. The van der Waals surface area contributed by atoms with Crippen LogP contribution in [0.2, 0.25) is 0 Å². The first kappa shape index (κ1) is 20.9. The van der Waals surface area contributed by atoms with E-state index < -0.39 is 5.82 Å². The van der Waals surface area contributed by atoms with Crippen molar-refractivity contribution in [1.29, 1.82) is 0 Å². The number of methoxy groups -OCH3 is 1. The quantitative estimate of drug-likeness (QED) is 0.649. The van der Waals surface area contributed by atoms with Gasteiger partial charge in [-0.1, -0.05) is 23.5 Å². The lowest BCUT2D eigenvalue weighted by Gasteiger charge is -2.31. The summed E-state index contributed by atoms with van der Waals surface area (Å²) in [5.41, 5.74) is 0.733. The standard InChI is InChI=1S/C22H21FN4O3S/c1-30-16-8-6-15(7-9-16)24-19(28)21-26-25-20(31-21)14-10-12-27(13-11-14)22(29)17-4-2-3-5-18(17)23/h2-9,14H,10-13H2,1H3,(H,24,28). The van der Waals surface area contributed by atoms with Crippen LogP contribution in [0.15, 0.2) is 48.5 Å². The van der Waals surface area contributed by atoms with E-state index in [9.17, 15) is 14.0 Å². The molecule has 2 heterocycles. The van der Waals surface area contributed by atoms with Crippen LogP contribution in [-0.4, -0.2) is 47.1 Å². The summed E-state index contributed by atoms with van der Waals surface area (Å²) in [6, 6.07) is 13.0. The topological polar surface area (TPSA) is 84.4 Å². The van der Waals surface area contributed by atoms with E-state index in [4.69, 9.17) is 4.74 Å². The molecule has 0 atom stereocenters. The molecule has 0 spiro atoms. The Hall–Kier alpha value is -3.33. The monoisotopic (exact) mass is 440 g/mol. The third-order valence-electron chi connectivity index (χ3n) is 5.22. The van der Waals surface area contributed by atoms with Gasteiger partial charge in [0.05, 0.1) is 12.7 Å². The van der Waals surface area contributed by atoms with Crippen molar-refractivity contribution in [1.82, 2.24) is 15.1 Å². The number of likely N-dealkylation sites (tertiary alicyclic amines) is 1. The molecule has 4 rings (SSSR count). The molecule has 1 saturated heterocycles. The number of hydrogen-bond acceptors (Lipinski definition) is 6. The van der Waals surface area contributed by atoms with Crippen molar-refractivity contribution in [2.45, 2.75) is 18.8 Å². The predicted molar refractivity (Wildman–Crippen MR) is 115 cm³/mol. The van der Waals surface area contributed by atoms with Crippen LogP contribution in [0.25, 0.3) is 0 Å². The van der Waals surface area contributed by atoms with Gasteiger partial charge in [0.25, 0.3) is 11.8 Å². The highest BCUT2D eigenvalue weighted by Gasteiger charge is 2.28. The molecule has 9 heteroatoms. The normalized spacial score (nSPS) is 14.3. The van der Waals surface area contributed by atoms with Gasteiger partial charge in [0.15, 0.2) is 0 Å². The number of piperidine rings is 1. The fraction of sp³-hybridized carbons (Fsp3) is 0.273. The van der Waals surface area contributed by atoms with Crippen LogP contribution >= 0.6 is 11.3 Å². The number of benzene rings is 2. The van der Waals surface area contributed by atoms with Crippen molar-refractivity contribution in [2.75, 3.05) is 25.5 Å². The molecule has 3 aromatic rings. The molecule has 2 aromatic carbocycles. The zero-order valence-electron chi connectivity index (χ0n) is 16.9. The smallest absolute Gasteiger partial charge is 0.286 e. The fourth-order valence-corrected chi connectivity index (χ4v) is 4.39. The summed E-state index contributed by atoms with van der Waals surface area (Å²) in [5.74, 6) is -0.304. The molecular weight excluding hydrogens is 419 g/mol. The lowest BCUT2D eigenvalue weighted by atomic mass is 9.97. The molecule has 2 amide bonds. The fourth-order valence-electron chi connectivity index (χ4n) is 3.48. The van der Waals surface area contributed by atoms with Crippen molar-refractivity contribution < 1.29 is 18.7 Å². The Bertz CT molecular complexity index is 1080. The number of anilines is 1. The lowest BCUT2D eigenvalue weighted by molar-refractivity contribution is 0.0708. The molecule has 1 aliphatic rings. The van der Waals surface area contributed by atoms with Crippen molar-refractivity contribution in [3.8, 4) is 5.75 Å². The van der Waals surface area contributed by atoms with Gasteiger partial charge in [0.2, 0.25) is 5.01 Å². The second-order valence-electron chi connectivity index (χ2n) is 7.17. The molecule has 0 bridgehead atoms. The van der Waals surface area contributed by atoms with Crippen LogP contribution in [0, 0.1) is 5.82 Å². The van der Waals surface area contributed by atoms with Gasteiger partial charge >= 0.3 is 0 Å². The highest BCUT2D eigenvalue weighted by Crippen LogP contribution is 2.31. The maximum atomic E-state index is 13.9. The number of rotatable bonds is 5. The van der Waals surface area contributed by atoms with Gasteiger partial charge in [0.1, 0.15) is 16.6 Å². The third-order valence-corrected chi connectivity index (χ3v) is 6.30. The van der Waals surface area contributed by atoms with Crippen LogP contribution in [0.1, 0.15) is 43.9 Å². The summed E-state index contributed by atoms with van der Waals surface area (Å²) in [6.45, 7) is 1.01. The molecule has 7 nitrogen and oxygen atoms in total. The molecule has 0 saturated carbocycles. The highest BCUT2D eigenvalue weighted by molar-refractivity contribution is 7.13. The molecule has 1 N–H and O–H groups in total. The minimum Gasteiger partial charge on any atom is -0.497 e. The van der Waals surface area contributed by atoms with Gasteiger partial charge in [-0.05, 0) is 49.2 Å². The van der Waals surface area contributed by atoms with Crippen LogP contribution in [0.5, 0.6) is 5.75 Å². The van der Waals surface area contributed by atoms with E-state index in [1.165, 1.54) is 23.5 Å². The lowest BCUT2D eigenvalue weighted by Crippen LogP contribution is -2.38. The number of carbonyl (C=O) groups is 2. The molecule has 31 heavy (non-hydrogen) atoms. The van der Waals surface area contributed by atoms with E-state index >= 15 is 0 Å². The second-order valence-corrected chi connectivity index (χ2v) is 8.18. The first-order chi connectivity index (χ1) is 15.0. The van der Waals surface area contributed by atoms with Crippen molar-refractivity contribution in [2.24, 2.45) is 0 Å². The number of ether oxygens (including phenoxy) is 1. The number of nitrogens with one attached hydrogen (secondary N) is 1. The number of halogens is 1. The van der Waals surface area contributed by atoms with Crippen LogP contribution in [-0.2, 0) is 0 Å². The molecule has 0 unspecified atom stereocenters. The average Bonchev–Trinajstić information content (AvgIpc) is 3.30. The van der Waals surface area contributed by atoms with Crippen LogP contribution in [0.3, 0.4) is 0 Å². The van der Waals surface area contributed by atoms with E-state index in [0.29, 0.717) is 37.4 Å². The molecule has 160 valence electrons. The molecule has 1 fully saturated rings. The Morgan fingerprint density at radius 1 is 1.10 bits per heavy atom. The first-order valence-corrected chi connectivity index (χ1v) is 10.7. The van der Waals surface area contributed by atoms with Crippen LogP contribution in [0.4, 0.5) is 10.1 Å². The Morgan fingerprint density at radius 2 is 1.81 bits per heavy atom. The number of carbonyl (C=O) groups excluding carboxylic acids is 2. The van der Waals surface area contributed by atoms with Gasteiger partial charge in [-0.3, -0.25) is 9.59 Å². The van der Waals surface area contributed by atoms with Crippen molar-refractivity contribution in [3.63, 3.8) is 0 Å². The first-order valence-electron chi connectivity index (χ1n) is 9.88. The number of amides is 2. The highest BCUT2D eigenvalue weighted by atomic mass is 32.1. The largest absolute Gasteiger partial charge is 0.497 e. The number of hydrogen-bond donors (Lipinski definition) is 1. The second kappa shape index (κ2) is 9.22. The minimum atomic E-state index is -0.508. The molecule has 0 radical (unpaired) electrons. The van der Waals surface area contributed by atoms with E-state index in [2.05, 4.69) is 15.5 Å². The zero-order valence-corrected chi connectivity index (χ0v) is 17.7. The van der Waals surface area contributed by atoms with E-state index in [0.717, 1.165) is 5.01 Å². The average molecular weight is 441 g/mol. The Morgan fingerprint density at radius 3 is 2.48 bits per heavy atom. The summed E-state index contributed by atoms with van der Waals surface area (Å²) in [6.07, 6.45) is 1.38. The molecule has 0 aliphatic carbocycles.